The standard InChI is InChI=1S/C50H65N7O8S2/c1-30(2)33-21-19-32(20-22-33)25-35-29-66-43(51-35)37-16-14-18-39-41(37)53-46(57(39)31(3)4)64-36-26-40-42(58)54-50(45(60)55-67(62,63)49(8)23-24-49)27-34(50)15-12-10-9-11-13-17-38(44(59)56(40)28-36)52-47(61)65-48(5,6)7/h12,14-16,18-22,29-31,34,36,38,40H,9-11,13,17,23-28H2,1-8H3,(H,52,61)(H,54,58)(H,55,60)/b15-12-/t34-,36-,38+,40+,50-/m1/s1. The second kappa shape index (κ2) is 18.7. The zero-order chi connectivity index (χ0) is 48.1. The van der Waals surface area contributed by atoms with Crippen molar-refractivity contribution in [3.63, 3.8) is 0 Å². The Kier molecular flexibility index (Phi) is 13.4. The number of hydrogen-bond donors (Lipinski definition) is 3. The molecular weight excluding hydrogens is 891 g/mol. The van der Waals surface area contributed by atoms with E-state index in [9.17, 15) is 27.6 Å². The van der Waals surface area contributed by atoms with Crippen LogP contribution in [0.3, 0.4) is 0 Å². The summed E-state index contributed by atoms with van der Waals surface area (Å²) in [7, 11) is -4.01. The fraction of sp³-hybridized carbons (Fsp3) is 0.560. The van der Waals surface area contributed by atoms with Crippen molar-refractivity contribution in [2.45, 2.75) is 166 Å². The fourth-order valence-electron chi connectivity index (χ4n) is 9.14. The number of alkyl carbamates (subject to hydrolysis) is 1. The number of ether oxygens (including phenoxy) is 2. The van der Waals surface area contributed by atoms with E-state index in [-0.39, 0.29) is 25.4 Å². The van der Waals surface area contributed by atoms with E-state index in [4.69, 9.17) is 19.4 Å². The second-order valence-corrected chi connectivity index (χ2v) is 23.7. The summed E-state index contributed by atoms with van der Waals surface area (Å²) in [6, 6.07) is 12.7. The van der Waals surface area contributed by atoms with Crippen molar-refractivity contribution in [3.8, 4) is 16.6 Å². The molecule has 4 heterocycles. The minimum atomic E-state index is -4.01. The van der Waals surface area contributed by atoms with Crippen LogP contribution < -0.4 is 20.1 Å². The van der Waals surface area contributed by atoms with E-state index in [1.807, 2.05) is 48.8 Å². The number of fused-ring (bicyclic) bond motifs is 3. The largest absolute Gasteiger partial charge is 0.459 e. The van der Waals surface area contributed by atoms with E-state index >= 15 is 0 Å². The number of thiazole rings is 1. The summed E-state index contributed by atoms with van der Waals surface area (Å²) in [6.45, 7) is 15.2. The second-order valence-electron chi connectivity index (χ2n) is 20.7. The van der Waals surface area contributed by atoms with Gasteiger partial charge in [0.2, 0.25) is 21.8 Å². The van der Waals surface area contributed by atoms with Crippen LogP contribution in [-0.2, 0) is 35.6 Å². The topological polar surface area (TPSA) is 191 Å². The van der Waals surface area contributed by atoms with Gasteiger partial charge in [-0.05, 0) is 109 Å². The van der Waals surface area contributed by atoms with Gasteiger partial charge in [0.15, 0.2) is 0 Å². The van der Waals surface area contributed by atoms with E-state index in [0.717, 1.165) is 34.6 Å². The van der Waals surface area contributed by atoms with Gasteiger partial charge < -0.3 is 25.0 Å². The highest BCUT2D eigenvalue weighted by Crippen LogP contribution is 2.48. The summed E-state index contributed by atoms with van der Waals surface area (Å²) < 4.78 is 42.2. The van der Waals surface area contributed by atoms with Crippen molar-refractivity contribution in [2.75, 3.05) is 6.54 Å². The number of amides is 4. The lowest BCUT2D eigenvalue weighted by molar-refractivity contribution is -0.141. The molecule has 0 radical (unpaired) electrons. The van der Waals surface area contributed by atoms with Crippen molar-refractivity contribution in [1.82, 2.24) is 34.8 Å². The Morgan fingerprint density at radius 3 is 2.45 bits per heavy atom. The monoisotopic (exact) mass is 955 g/mol. The molecule has 2 aromatic heterocycles. The normalized spacial score (nSPS) is 24.8. The lowest BCUT2D eigenvalue weighted by Crippen LogP contribution is -2.58. The predicted molar refractivity (Wildman–Crippen MR) is 258 cm³/mol. The molecule has 3 N–H and O–H groups in total. The van der Waals surface area contributed by atoms with Crippen LogP contribution in [0, 0.1) is 5.92 Å². The molecule has 0 unspecified atom stereocenters. The third-order valence-electron chi connectivity index (χ3n) is 13.5. The lowest BCUT2D eigenvalue weighted by Gasteiger charge is -2.30. The quantitative estimate of drug-likeness (QED) is 0.124. The maximum absolute atomic E-state index is 14.8. The number of carbonyl (C=O) groups excluding carboxylic acids is 4. The van der Waals surface area contributed by atoms with Gasteiger partial charge in [-0.1, -0.05) is 69.2 Å². The number of imidazole rings is 1. The summed E-state index contributed by atoms with van der Waals surface area (Å²) in [5, 5.41) is 8.63. The van der Waals surface area contributed by atoms with Crippen LogP contribution in [-0.4, -0.2) is 92.3 Å². The Bertz CT molecular complexity index is 2660. The number of allylic oxidation sites excluding steroid dienone is 1. The highest BCUT2D eigenvalue weighted by Gasteiger charge is 2.63. The number of aromatic nitrogens is 3. The number of rotatable bonds is 11. The first-order chi connectivity index (χ1) is 31.7. The zero-order valence-electron chi connectivity index (χ0n) is 39.9. The molecule has 360 valence electrons. The molecule has 2 aliphatic heterocycles. The van der Waals surface area contributed by atoms with Gasteiger partial charge in [0.1, 0.15) is 39.9 Å². The highest BCUT2D eigenvalue weighted by molar-refractivity contribution is 7.91. The van der Waals surface area contributed by atoms with Crippen LogP contribution in [0.15, 0.2) is 60.0 Å². The Morgan fingerprint density at radius 1 is 1.01 bits per heavy atom. The van der Waals surface area contributed by atoms with Crippen LogP contribution in [0.25, 0.3) is 21.6 Å². The zero-order valence-corrected chi connectivity index (χ0v) is 41.5. The van der Waals surface area contributed by atoms with Gasteiger partial charge in [-0.15, -0.1) is 11.3 Å². The minimum Gasteiger partial charge on any atom is -0.459 e. The Morgan fingerprint density at radius 2 is 1.76 bits per heavy atom. The molecule has 2 aliphatic carbocycles. The number of sulfonamides is 1. The summed E-state index contributed by atoms with van der Waals surface area (Å²) in [5.74, 6) is -1.91. The molecule has 3 fully saturated rings. The Hall–Kier alpha value is -5.29. The van der Waals surface area contributed by atoms with Gasteiger partial charge in [0, 0.05) is 35.7 Å². The molecule has 5 atom stereocenters. The molecular formula is C50H65N7O8S2. The number of benzene rings is 2. The van der Waals surface area contributed by atoms with Crippen molar-refractivity contribution < 1.29 is 37.1 Å². The van der Waals surface area contributed by atoms with Gasteiger partial charge in [-0.3, -0.25) is 23.7 Å². The molecule has 4 aromatic rings. The summed E-state index contributed by atoms with van der Waals surface area (Å²) in [6.07, 6.45) is 7.29. The highest BCUT2D eigenvalue weighted by atomic mass is 32.2. The van der Waals surface area contributed by atoms with E-state index in [2.05, 4.69) is 58.8 Å². The minimum absolute atomic E-state index is 0.0270. The molecule has 17 heteroatoms. The molecule has 1 saturated heterocycles. The van der Waals surface area contributed by atoms with Gasteiger partial charge in [-0.2, -0.15) is 4.98 Å². The molecule has 0 spiro atoms. The van der Waals surface area contributed by atoms with Gasteiger partial charge in [0.05, 0.1) is 22.5 Å². The van der Waals surface area contributed by atoms with Crippen LogP contribution in [0.4, 0.5) is 4.79 Å². The number of nitrogens with zero attached hydrogens (tertiary/aromatic N) is 4. The molecule has 2 saturated carbocycles. The third-order valence-corrected chi connectivity index (χ3v) is 16.5. The molecule has 4 aliphatic rings. The van der Waals surface area contributed by atoms with Gasteiger partial charge in [0.25, 0.3) is 11.9 Å². The van der Waals surface area contributed by atoms with Crippen molar-refractivity contribution in [2.24, 2.45) is 5.92 Å². The average Bonchev–Trinajstić information content (AvgIpc) is 3.94. The Labute approximate surface area is 397 Å². The Balaban J connectivity index is 1.10. The molecule has 4 amide bonds. The van der Waals surface area contributed by atoms with E-state index in [0.29, 0.717) is 56.0 Å². The fourth-order valence-corrected chi connectivity index (χ4v) is 11.3. The van der Waals surface area contributed by atoms with Crippen molar-refractivity contribution in [1.29, 1.82) is 0 Å². The van der Waals surface area contributed by atoms with Gasteiger partial charge in [-0.25, -0.2) is 18.2 Å². The lowest BCUT2D eigenvalue weighted by atomic mass is 10.0. The average molecular weight is 956 g/mol. The molecule has 8 rings (SSSR count). The van der Waals surface area contributed by atoms with Crippen LogP contribution in [0.5, 0.6) is 6.01 Å². The number of carbonyl (C=O) groups is 4. The summed E-state index contributed by atoms with van der Waals surface area (Å²) >= 11 is 1.55. The summed E-state index contributed by atoms with van der Waals surface area (Å²) in [4.78, 5) is 68.4. The maximum atomic E-state index is 14.8. The van der Waals surface area contributed by atoms with E-state index in [1.54, 1.807) is 39.0 Å². The van der Waals surface area contributed by atoms with Crippen molar-refractivity contribution in [3.05, 3.63) is 76.8 Å². The first kappa shape index (κ1) is 48.2. The maximum Gasteiger partial charge on any atom is 0.408 e. The van der Waals surface area contributed by atoms with Crippen LogP contribution in [0.2, 0.25) is 0 Å². The SMILES string of the molecule is CC(C)c1ccc(Cc2csc(-c3cccc4c3nc(O[C@@H]3C[C@H]5C(=O)N[C@]6(C(=O)NS(=O)(=O)C7(C)CC7)C[C@H]6/C=C\CCCCC[C@H](NC(=O)OC(C)(C)C)C(=O)N5C3)n4C(C)C)n2)cc1. The molecule has 2 aromatic carbocycles. The molecule has 0 bridgehead atoms. The number of hydrogen-bond acceptors (Lipinski definition) is 11. The van der Waals surface area contributed by atoms with Crippen LogP contribution >= 0.6 is 11.3 Å². The van der Waals surface area contributed by atoms with Gasteiger partial charge >= 0.3 is 6.09 Å². The first-order valence-electron chi connectivity index (χ1n) is 23.7. The van der Waals surface area contributed by atoms with Crippen molar-refractivity contribution >= 4 is 56.2 Å². The van der Waals surface area contributed by atoms with E-state index < -0.39 is 73.8 Å². The molecule has 67 heavy (non-hydrogen) atoms. The van der Waals surface area contributed by atoms with Crippen LogP contribution in [0.1, 0.15) is 142 Å². The van der Waals surface area contributed by atoms with E-state index in [1.165, 1.54) is 16.0 Å². The third kappa shape index (κ3) is 10.4. The number of nitrogens with one attached hydrogen (secondary N) is 3. The predicted octanol–water partition coefficient (Wildman–Crippen LogP) is 8.09. The summed E-state index contributed by atoms with van der Waals surface area (Å²) in [5.41, 5.74) is 3.46. The number of para-hydroxylation sites is 1. The smallest absolute Gasteiger partial charge is 0.408 e. The molecule has 15 nitrogen and oxygen atoms in total. The first-order valence-corrected chi connectivity index (χ1v) is 26.1.